The molecule has 0 aromatic carbocycles. The van der Waals surface area contributed by atoms with Gasteiger partial charge in [0.1, 0.15) is 5.03 Å². The molecule has 0 unspecified atom stereocenters. The first-order chi connectivity index (χ1) is 7.25. The summed E-state index contributed by atoms with van der Waals surface area (Å²) in [5.41, 5.74) is 0. The van der Waals surface area contributed by atoms with Crippen LogP contribution in [0.3, 0.4) is 0 Å². The average Bonchev–Trinajstić information content (AvgIpc) is 2.70. The van der Waals surface area contributed by atoms with Crippen molar-refractivity contribution in [1.29, 1.82) is 0 Å². The topological polar surface area (TPSA) is 54.9 Å². The van der Waals surface area contributed by atoms with E-state index in [0.717, 1.165) is 19.5 Å². The molecule has 0 radical (unpaired) electrons. The molecule has 1 aromatic heterocycles. The van der Waals surface area contributed by atoms with Crippen LogP contribution in [0.15, 0.2) is 17.3 Å². The lowest BCUT2D eigenvalue weighted by Crippen LogP contribution is -2.15. The Labute approximate surface area is 95.9 Å². The predicted molar refractivity (Wildman–Crippen MR) is 59.3 cm³/mol. The van der Waals surface area contributed by atoms with Crippen LogP contribution in [0.2, 0.25) is 5.28 Å². The molecule has 4 nitrogen and oxygen atoms in total. The minimum atomic E-state index is -1.06. The second-order valence-electron chi connectivity index (χ2n) is 3.53. The van der Waals surface area contributed by atoms with Crippen LogP contribution < -0.4 is 5.32 Å². The van der Waals surface area contributed by atoms with Gasteiger partial charge in [-0.2, -0.15) is 0 Å². The summed E-state index contributed by atoms with van der Waals surface area (Å²) in [6.45, 7) is 1.97. The van der Waals surface area contributed by atoms with Crippen LogP contribution in [-0.2, 0) is 10.8 Å². The van der Waals surface area contributed by atoms with Crippen molar-refractivity contribution in [2.24, 2.45) is 5.92 Å². The van der Waals surface area contributed by atoms with Gasteiger partial charge < -0.3 is 5.32 Å². The number of rotatable bonds is 3. The van der Waals surface area contributed by atoms with Gasteiger partial charge in [-0.05, 0) is 43.1 Å². The summed E-state index contributed by atoms with van der Waals surface area (Å²) in [6.07, 6.45) is 2.63. The Kier molecular flexibility index (Phi) is 3.66. The molecule has 2 atom stereocenters. The fourth-order valence-electron chi connectivity index (χ4n) is 1.60. The molecule has 1 aromatic rings. The number of halogens is 1. The van der Waals surface area contributed by atoms with Crippen molar-refractivity contribution in [3.63, 3.8) is 0 Å². The van der Waals surface area contributed by atoms with E-state index in [1.54, 1.807) is 6.07 Å². The second-order valence-corrected chi connectivity index (χ2v) is 5.32. The molecule has 1 aliphatic heterocycles. The Morgan fingerprint density at radius 1 is 1.67 bits per heavy atom. The third-order valence-corrected chi connectivity index (χ3v) is 4.03. The van der Waals surface area contributed by atoms with Crippen LogP contribution >= 0.6 is 11.6 Å². The monoisotopic (exact) mass is 245 g/mol. The van der Waals surface area contributed by atoms with E-state index in [2.05, 4.69) is 15.3 Å². The van der Waals surface area contributed by atoms with Crippen molar-refractivity contribution >= 4 is 22.4 Å². The first kappa shape index (κ1) is 11.0. The summed E-state index contributed by atoms with van der Waals surface area (Å²) >= 11 is 5.64. The van der Waals surface area contributed by atoms with E-state index in [4.69, 9.17) is 11.6 Å². The molecule has 1 aliphatic rings. The molecule has 0 amide bonds. The van der Waals surface area contributed by atoms with Gasteiger partial charge in [0.25, 0.3) is 0 Å². The third-order valence-electron chi connectivity index (χ3n) is 2.38. The fourth-order valence-corrected chi connectivity index (χ4v) is 3.08. The van der Waals surface area contributed by atoms with Crippen molar-refractivity contribution in [2.45, 2.75) is 11.4 Å². The Hall–Kier alpha value is -0.520. The maximum Gasteiger partial charge on any atom is 0.223 e. The molecule has 1 fully saturated rings. The Morgan fingerprint density at radius 2 is 2.53 bits per heavy atom. The number of aromatic nitrogens is 2. The van der Waals surface area contributed by atoms with Crippen molar-refractivity contribution in [3.05, 3.63) is 17.5 Å². The average molecular weight is 246 g/mol. The number of nitrogens with zero attached hydrogens (tertiary/aromatic N) is 2. The lowest BCUT2D eigenvalue weighted by Gasteiger charge is -2.06. The smallest absolute Gasteiger partial charge is 0.223 e. The van der Waals surface area contributed by atoms with E-state index in [1.807, 2.05) is 0 Å². The molecule has 0 aliphatic carbocycles. The summed E-state index contributed by atoms with van der Waals surface area (Å²) in [5, 5.41) is 3.93. The summed E-state index contributed by atoms with van der Waals surface area (Å²) in [7, 11) is -1.06. The number of hydrogen-bond donors (Lipinski definition) is 1. The number of hydrogen-bond acceptors (Lipinski definition) is 4. The molecule has 82 valence electrons. The van der Waals surface area contributed by atoms with E-state index in [9.17, 15) is 4.21 Å². The fraction of sp³-hybridized carbons (Fsp3) is 0.556. The number of nitrogens with one attached hydrogen (secondary N) is 1. The Balaban J connectivity index is 2.01. The highest BCUT2D eigenvalue weighted by Gasteiger charge is 2.18. The van der Waals surface area contributed by atoms with Crippen LogP contribution in [0.1, 0.15) is 6.42 Å². The largest absolute Gasteiger partial charge is 0.316 e. The van der Waals surface area contributed by atoms with Gasteiger partial charge in [0.05, 0.1) is 10.8 Å². The van der Waals surface area contributed by atoms with Gasteiger partial charge in [-0.15, -0.1) is 0 Å². The highest BCUT2D eigenvalue weighted by atomic mass is 35.5. The van der Waals surface area contributed by atoms with Crippen LogP contribution in [0.25, 0.3) is 0 Å². The van der Waals surface area contributed by atoms with Crippen LogP contribution in [0, 0.1) is 5.92 Å². The van der Waals surface area contributed by atoms with Crippen molar-refractivity contribution in [1.82, 2.24) is 15.3 Å². The Morgan fingerprint density at radius 3 is 3.20 bits per heavy atom. The highest BCUT2D eigenvalue weighted by molar-refractivity contribution is 7.84. The lowest BCUT2D eigenvalue weighted by atomic mass is 10.2. The third kappa shape index (κ3) is 2.96. The van der Waals surface area contributed by atoms with Crippen molar-refractivity contribution in [2.75, 3.05) is 18.8 Å². The summed E-state index contributed by atoms with van der Waals surface area (Å²) in [6, 6.07) is 1.66. The second kappa shape index (κ2) is 5.01. The SMILES string of the molecule is O=[S@@](C[C@@H]1CCNC1)c1ccnc(Cl)n1. The standard InChI is InChI=1S/C9H12ClN3OS/c10-9-12-4-2-8(13-9)15(14)6-7-1-3-11-5-7/h2,4,7,11H,1,3,5-6H2/t7-,15+/m1/s1. The van der Waals surface area contributed by atoms with Crippen LogP contribution in [-0.4, -0.2) is 33.0 Å². The van der Waals surface area contributed by atoms with E-state index >= 15 is 0 Å². The van der Waals surface area contributed by atoms with Crippen molar-refractivity contribution in [3.8, 4) is 0 Å². The zero-order valence-electron chi connectivity index (χ0n) is 8.15. The van der Waals surface area contributed by atoms with Gasteiger partial charge in [-0.1, -0.05) is 0 Å². The minimum absolute atomic E-state index is 0.158. The normalized spacial score (nSPS) is 22.9. The van der Waals surface area contributed by atoms with Gasteiger partial charge in [-0.3, -0.25) is 4.21 Å². The molecule has 0 bridgehead atoms. The highest BCUT2D eigenvalue weighted by Crippen LogP contribution is 2.13. The summed E-state index contributed by atoms with van der Waals surface area (Å²) in [5.74, 6) is 1.14. The van der Waals surface area contributed by atoms with E-state index in [-0.39, 0.29) is 5.28 Å². The maximum atomic E-state index is 11.9. The van der Waals surface area contributed by atoms with Crippen LogP contribution in [0.4, 0.5) is 0 Å². The molecule has 1 saturated heterocycles. The predicted octanol–water partition coefficient (Wildman–Crippen LogP) is 0.847. The molecule has 1 N–H and O–H groups in total. The molecule has 0 spiro atoms. The van der Waals surface area contributed by atoms with Gasteiger partial charge in [0.2, 0.25) is 5.28 Å². The summed E-state index contributed by atoms with van der Waals surface area (Å²) < 4.78 is 11.9. The zero-order valence-corrected chi connectivity index (χ0v) is 9.72. The van der Waals surface area contributed by atoms with Gasteiger partial charge >= 0.3 is 0 Å². The first-order valence-corrected chi connectivity index (χ1v) is 6.53. The molecule has 2 heterocycles. The van der Waals surface area contributed by atoms with E-state index in [0.29, 0.717) is 16.7 Å². The first-order valence-electron chi connectivity index (χ1n) is 4.83. The molecule has 0 saturated carbocycles. The maximum absolute atomic E-state index is 11.9. The molecule has 6 heteroatoms. The van der Waals surface area contributed by atoms with Gasteiger partial charge in [0.15, 0.2) is 0 Å². The molecular formula is C9H12ClN3OS. The molecule has 2 rings (SSSR count). The minimum Gasteiger partial charge on any atom is -0.316 e. The van der Waals surface area contributed by atoms with E-state index in [1.165, 1.54) is 6.20 Å². The Bertz CT molecular complexity index is 368. The molecule has 15 heavy (non-hydrogen) atoms. The lowest BCUT2D eigenvalue weighted by molar-refractivity contribution is 0.630. The van der Waals surface area contributed by atoms with Crippen molar-refractivity contribution < 1.29 is 4.21 Å². The quantitative estimate of drug-likeness (QED) is 0.634. The summed E-state index contributed by atoms with van der Waals surface area (Å²) in [4.78, 5) is 7.71. The van der Waals surface area contributed by atoms with E-state index < -0.39 is 10.8 Å². The molecular weight excluding hydrogens is 234 g/mol. The van der Waals surface area contributed by atoms with Gasteiger partial charge in [0, 0.05) is 11.9 Å². The van der Waals surface area contributed by atoms with Gasteiger partial charge in [-0.25, -0.2) is 9.97 Å². The zero-order chi connectivity index (χ0) is 10.7. The van der Waals surface area contributed by atoms with Crippen LogP contribution in [0.5, 0.6) is 0 Å².